The fraction of sp³-hybridized carbons (Fsp3) is 0.940. The number of allylic oxidation sites excluding steroid dienone is 1. The Morgan fingerprint density at radius 1 is 0.483 bits per heavy atom. The first kappa shape index (κ1) is 57.3. The molecule has 0 spiro atoms. The Morgan fingerprint density at radius 3 is 1.05 bits per heavy atom. The number of hydrogen-bond acceptors (Lipinski definition) is 4. The fourth-order valence-electron chi connectivity index (χ4n) is 8.11. The molecule has 0 aliphatic carbocycles. The van der Waals surface area contributed by atoms with Crippen molar-refractivity contribution < 1.29 is 28.8 Å². The van der Waals surface area contributed by atoms with Crippen molar-refractivity contribution in [3.8, 4) is 0 Å². The quantitative estimate of drug-likeness (QED) is 0.0275. The van der Waals surface area contributed by atoms with Gasteiger partial charge in [-0.15, -0.1) is 0 Å². The minimum absolute atomic E-state index is 0.219. The lowest BCUT2D eigenvalue weighted by atomic mass is 10.0. The second-order valence-corrected chi connectivity index (χ2v) is 19.1. The number of phosphoric ester groups is 1. The van der Waals surface area contributed by atoms with E-state index in [0.717, 1.165) is 38.5 Å². The summed E-state index contributed by atoms with van der Waals surface area (Å²) in [6, 6.07) is -0.906. The molecule has 1 amide bonds. The Bertz CT molecular complexity index is 911. The largest absolute Gasteiger partial charge is 0.469 e. The van der Waals surface area contributed by atoms with Gasteiger partial charge in [-0.3, -0.25) is 9.32 Å². The molecule has 0 fully saturated rings. The molecular formula is C50H100NO6P. The summed E-state index contributed by atoms with van der Waals surface area (Å²) in [4.78, 5) is 31.0. The highest BCUT2D eigenvalue weighted by Gasteiger charge is 2.24. The van der Waals surface area contributed by atoms with Gasteiger partial charge in [0.2, 0.25) is 5.91 Å². The molecule has 0 rings (SSSR count). The molecule has 0 aromatic rings. The molecular weight excluding hydrogens is 742 g/mol. The summed E-state index contributed by atoms with van der Waals surface area (Å²) < 4.78 is 16.0. The molecule has 58 heavy (non-hydrogen) atoms. The summed E-state index contributed by atoms with van der Waals surface area (Å²) in [6.45, 7) is 4.11. The van der Waals surface area contributed by atoms with Gasteiger partial charge in [0.05, 0.1) is 18.8 Å². The number of phosphoric acid groups is 1. The normalized spacial score (nSPS) is 13.1. The smallest absolute Gasteiger partial charge is 0.387 e. The molecule has 0 aromatic carbocycles. The van der Waals surface area contributed by atoms with E-state index in [4.69, 9.17) is 0 Å². The van der Waals surface area contributed by atoms with Gasteiger partial charge in [0.15, 0.2) is 0 Å². The van der Waals surface area contributed by atoms with Crippen molar-refractivity contribution in [2.75, 3.05) is 6.61 Å². The van der Waals surface area contributed by atoms with E-state index < -0.39 is 26.6 Å². The van der Waals surface area contributed by atoms with Gasteiger partial charge in [0.1, 0.15) is 0 Å². The zero-order chi connectivity index (χ0) is 42.5. The predicted octanol–water partition coefficient (Wildman–Crippen LogP) is 15.9. The van der Waals surface area contributed by atoms with E-state index in [1.165, 1.54) is 225 Å². The van der Waals surface area contributed by atoms with Crippen LogP contribution in [0.25, 0.3) is 0 Å². The van der Waals surface area contributed by atoms with Crippen molar-refractivity contribution in [1.82, 2.24) is 5.32 Å². The number of carbonyl (C=O) groups is 1. The summed E-state index contributed by atoms with van der Waals surface area (Å²) in [6.07, 6.45) is 56.9. The Kier molecular flexibility index (Phi) is 45.2. The van der Waals surface area contributed by atoms with Crippen LogP contribution in [0.5, 0.6) is 0 Å². The molecule has 2 atom stereocenters. The van der Waals surface area contributed by atoms with Crippen LogP contribution in [-0.4, -0.2) is 39.6 Å². The predicted molar refractivity (Wildman–Crippen MR) is 250 cm³/mol. The molecule has 8 heteroatoms. The van der Waals surface area contributed by atoms with Crippen LogP contribution < -0.4 is 5.32 Å². The third kappa shape index (κ3) is 46.3. The van der Waals surface area contributed by atoms with E-state index in [1.807, 2.05) is 6.08 Å². The lowest BCUT2D eigenvalue weighted by Crippen LogP contribution is -2.45. The maximum absolute atomic E-state index is 12.6. The molecule has 0 aliphatic rings. The molecule has 0 saturated heterocycles. The molecule has 346 valence electrons. The molecule has 0 saturated carbocycles. The highest BCUT2D eigenvalue weighted by molar-refractivity contribution is 7.46. The van der Waals surface area contributed by atoms with Crippen LogP contribution in [0.15, 0.2) is 12.2 Å². The summed E-state index contributed by atoms with van der Waals surface area (Å²) in [7, 11) is -4.72. The van der Waals surface area contributed by atoms with Crippen molar-refractivity contribution in [2.45, 2.75) is 296 Å². The standard InChI is InChI=1S/C50H100NO6P/c1-3-5-7-9-11-13-15-17-19-21-22-23-24-25-26-27-28-29-30-32-34-36-38-40-42-44-46-50(53)51-48(47-57-58(54,55)56)49(52)45-43-41-39-37-35-33-31-20-18-16-14-12-10-8-6-4-2/h43,45,48-49,52H,3-42,44,46-47H2,1-2H3,(H,51,53)(H2,54,55,56)/b45-43+/t48-,49+/m0/s1. The molecule has 0 radical (unpaired) electrons. The summed E-state index contributed by atoms with van der Waals surface area (Å²) >= 11 is 0. The second kappa shape index (κ2) is 45.8. The Morgan fingerprint density at radius 2 is 0.759 bits per heavy atom. The molecule has 4 N–H and O–H groups in total. The Balaban J connectivity index is 3.77. The van der Waals surface area contributed by atoms with E-state index in [1.54, 1.807) is 6.08 Å². The third-order valence-corrected chi connectivity index (χ3v) is 12.5. The van der Waals surface area contributed by atoms with Gasteiger partial charge in [-0.25, -0.2) is 4.57 Å². The molecule has 7 nitrogen and oxygen atoms in total. The number of carbonyl (C=O) groups excluding carboxylic acids is 1. The number of aliphatic hydroxyl groups is 1. The second-order valence-electron chi connectivity index (χ2n) is 17.9. The first-order valence-electron chi connectivity index (χ1n) is 25.6. The first-order chi connectivity index (χ1) is 28.3. The SMILES string of the molecule is CCCCCCCCCCCCCCCC/C=C/[C@@H](O)[C@H](COP(=O)(O)O)NC(=O)CCCCCCCCCCCCCCCCCCCCCCCCCCCC. The fourth-order valence-corrected chi connectivity index (χ4v) is 8.46. The van der Waals surface area contributed by atoms with Gasteiger partial charge in [-0.1, -0.05) is 270 Å². The van der Waals surface area contributed by atoms with Crippen LogP contribution in [-0.2, 0) is 13.9 Å². The van der Waals surface area contributed by atoms with Gasteiger partial charge in [-0.2, -0.15) is 0 Å². The number of rotatable bonds is 48. The average molecular weight is 842 g/mol. The van der Waals surface area contributed by atoms with Crippen molar-refractivity contribution in [2.24, 2.45) is 0 Å². The summed E-state index contributed by atoms with van der Waals surface area (Å²) in [5, 5.41) is 13.5. The van der Waals surface area contributed by atoms with Crippen molar-refractivity contribution >= 4 is 13.7 Å². The monoisotopic (exact) mass is 842 g/mol. The lowest BCUT2D eigenvalue weighted by Gasteiger charge is -2.22. The topological polar surface area (TPSA) is 116 Å². The van der Waals surface area contributed by atoms with Crippen molar-refractivity contribution in [3.05, 3.63) is 12.2 Å². The summed E-state index contributed by atoms with van der Waals surface area (Å²) in [5.41, 5.74) is 0. The van der Waals surface area contributed by atoms with Crippen LogP contribution in [0.4, 0.5) is 0 Å². The molecule has 0 aromatic heterocycles. The third-order valence-electron chi connectivity index (χ3n) is 12.0. The maximum atomic E-state index is 12.6. The van der Waals surface area contributed by atoms with Crippen molar-refractivity contribution in [3.63, 3.8) is 0 Å². The van der Waals surface area contributed by atoms with E-state index in [0.29, 0.717) is 6.42 Å². The molecule has 0 bridgehead atoms. The number of aliphatic hydroxyl groups excluding tert-OH is 1. The van der Waals surface area contributed by atoms with E-state index in [-0.39, 0.29) is 5.91 Å². The Hall–Kier alpha value is -0.720. The molecule has 0 unspecified atom stereocenters. The average Bonchev–Trinajstić information content (AvgIpc) is 3.20. The van der Waals surface area contributed by atoms with Crippen molar-refractivity contribution in [1.29, 1.82) is 0 Å². The first-order valence-corrected chi connectivity index (χ1v) is 27.2. The molecule has 0 heterocycles. The van der Waals surface area contributed by atoms with Crippen LogP contribution in [0.2, 0.25) is 0 Å². The number of hydrogen-bond donors (Lipinski definition) is 4. The van der Waals surface area contributed by atoms with Gasteiger partial charge >= 0.3 is 7.82 Å². The number of unbranched alkanes of at least 4 members (excludes halogenated alkanes) is 39. The highest BCUT2D eigenvalue weighted by atomic mass is 31.2. The summed E-state index contributed by atoms with van der Waals surface area (Å²) in [5.74, 6) is -0.219. The maximum Gasteiger partial charge on any atom is 0.469 e. The van der Waals surface area contributed by atoms with Crippen LogP contribution in [0, 0.1) is 0 Å². The van der Waals surface area contributed by atoms with E-state index >= 15 is 0 Å². The number of amides is 1. The van der Waals surface area contributed by atoms with Gasteiger partial charge in [0.25, 0.3) is 0 Å². The minimum atomic E-state index is -4.72. The highest BCUT2D eigenvalue weighted by Crippen LogP contribution is 2.36. The van der Waals surface area contributed by atoms with Gasteiger partial charge < -0.3 is 20.2 Å². The van der Waals surface area contributed by atoms with Gasteiger partial charge in [0, 0.05) is 6.42 Å². The number of nitrogens with one attached hydrogen (secondary N) is 1. The zero-order valence-corrected chi connectivity index (χ0v) is 39.6. The minimum Gasteiger partial charge on any atom is -0.387 e. The zero-order valence-electron chi connectivity index (χ0n) is 38.7. The van der Waals surface area contributed by atoms with E-state index in [9.17, 15) is 24.3 Å². The molecule has 0 aliphatic heterocycles. The van der Waals surface area contributed by atoms with Crippen LogP contribution in [0.3, 0.4) is 0 Å². The van der Waals surface area contributed by atoms with E-state index in [2.05, 4.69) is 23.7 Å². The Labute approximate surface area is 361 Å². The van der Waals surface area contributed by atoms with Gasteiger partial charge in [-0.05, 0) is 19.3 Å². The lowest BCUT2D eigenvalue weighted by molar-refractivity contribution is -0.123. The van der Waals surface area contributed by atoms with Crippen LogP contribution >= 0.6 is 7.82 Å². The van der Waals surface area contributed by atoms with Crippen LogP contribution in [0.1, 0.15) is 284 Å².